The molecule has 2 heterocycles. The van der Waals surface area contributed by atoms with Gasteiger partial charge in [0.25, 0.3) is 0 Å². The zero-order chi connectivity index (χ0) is 34.4. The van der Waals surface area contributed by atoms with Crippen LogP contribution in [-0.2, 0) is 0 Å². The maximum atomic E-state index is 6.48. The van der Waals surface area contributed by atoms with Gasteiger partial charge in [-0.05, 0) is 90.0 Å². The lowest BCUT2D eigenvalue weighted by Gasteiger charge is -2.26. The summed E-state index contributed by atoms with van der Waals surface area (Å²) in [7, 11) is 0. The van der Waals surface area contributed by atoms with Gasteiger partial charge >= 0.3 is 0 Å². The molecule has 246 valence electrons. The summed E-state index contributed by atoms with van der Waals surface area (Å²) in [6, 6.07) is 67.8. The highest BCUT2D eigenvalue weighted by Crippen LogP contribution is 2.43. The number of anilines is 6. The zero-order valence-corrected chi connectivity index (χ0v) is 28.2. The standard InChI is InChI=1S/C48H32N2O2/c1-3-12-35(13-4-1)49(39-30-31-42-40-16-7-9-20-45(40)51-47(42)32-39)37-26-22-33(23-27-37)34-24-28-38(29-25-34)50(36-14-5-2-6-15-36)44-19-11-18-43-41-17-8-10-21-46(41)52-48(43)44/h1-32H. The minimum absolute atomic E-state index is 0.870. The maximum absolute atomic E-state index is 6.48. The molecule has 0 aliphatic carbocycles. The maximum Gasteiger partial charge on any atom is 0.159 e. The van der Waals surface area contributed by atoms with E-state index in [0.29, 0.717) is 0 Å². The number of benzene rings is 8. The Morgan fingerprint density at radius 3 is 1.40 bits per heavy atom. The summed E-state index contributed by atoms with van der Waals surface area (Å²) in [6.45, 7) is 0. The lowest BCUT2D eigenvalue weighted by atomic mass is 10.0. The molecule has 0 radical (unpaired) electrons. The number of nitrogens with zero attached hydrogens (tertiary/aromatic N) is 2. The molecule has 0 fully saturated rings. The third kappa shape index (κ3) is 5.09. The number of furan rings is 2. The Morgan fingerprint density at radius 1 is 0.288 bits per heavy atom. The molecule has 2 aromatic heterocycles. The van der Waals surface area contributed by atoms with Crippen LogP contribution in [0.1, 0.15) is 0 Å². The Kier molecular flexibility index (Phi) is 7.10. The summed E-state index contributed by atoms with van der Waals surface area (Å²) >= 11 is 0. The number of hydrogen-bond acceptors (Lipinski definition) is 4. The first-order valence-electron chi connectivity index (χ1n) is 17.5. The summed E-state index contributed by atoms with van der Waals surface area (Å²) in [4.78, 5) is 4.55. The Balaban J connectivity index is 1.01. The third-order valence-corrected chi connectivity index (χ3v) is 9.86. The van der Waals surface area contributed by atoms with Crippen molar-refractivity contribution in [3.63, 3.8) is 0 Å². The molecule has 0 saturated heterocycles. The van der Waals surface area contributed by atoms with Crippen molar-refractivity contribution in [3.05, 3.63) is 194 Å². The summed E-state index contributed by atoms with van der Waals surface area (Å²) in [5.41, 5.74) is 12.1. The van der Waals surface area contributed by atoms with E-state index in [4.69, 9.17) is 8.83 Å². The van der Waals surface area contributed by atoms with Crippen molar-refractivity contribution < 1.29 is 8.83 Å². The van der Waals surface area contributed by atoms with Gasteiger partial charge in [-0.1, -0.05) is 109 Å². The zero-order valence-electron chi connectivity index (χ0n) is 28.2. The Bertz CT molecular complexity index is 2840. The largest absolute Gasteiger partial charge is 0.456 e. The summed E-state index contributed by atoms with van der Waals surface area (Å²) in [5.74, 6) is 0. The van der Waals surface area contributed by atoms with E-state index in [2.05, 4.69) is 168 Å². The van der Waals surface area contributed by atoms with Gasteiger partial charge in [-0.3, -0.25) is 0 Å². The van der Waals surface area contributed by atoms with Gasteiger partial charge in [0.2, 0.25) is 0 Å². The van der Waals surface area contributed by atoms with Crippen molar-refractivity contribution >= 4 is 78.0 Å². The molecule has 0 aliphatic rings. The number of rotatable bonds is 7. The highest BCUT2D eigenvalue weighted by molar-refractivity contribution is 6.10. The summed E-state index contributed by atoms with van der Waals surface area (Å²) < 4.78 is 12.8. The van der Waals surface area contributed by atoms with Gasteiger partial charge in [-0.25, -0.2) is 0 Å². The molecule has 4 heteroatoms. The summed E-state index contributed by atoms with van der Waals surface area (Å²) in [6.07, 6.45) is 0. The van der Waals surface area contributed by atoms with Gasteiger partial charge in [0.05, 0.1) is 5.69 Å². The fourth-order valence-corrected chi connectivity index (χ4v) is 7.40. The monoisotopic (exact) mass is 668 g/mol. The second kappa shape index (κ2) is 12.4. The van der Waals surface area contributed by atoms with Gasteiger partial charge in [0, 0.05) is 56.0 Å². The molecule has 4 nitrogen and oxygen atoms in total. The smallest absolute Gasteiger partial charge is 0.159 e. The van der Waals surface area contributed by atoms with E-state index in [1.807, 2.05) is 36.4 Å². The van der Waals surface area contributed by atoms with Crippen molar-refractivity contribution in [3.8, 4) is 11.1 Å². The molecular weight excluding hydrogens is 637 g/mol. The second-order valence-electron chi connectivity index (χ2n) is 13.0. The van der Waals surface area contributed by atoms with Crippen molar-refractivity contribution in [1.82, 2.24) is 0 Å². The first kappa shape index (κ1) is 29.8. The molecule has 0 saturated carbocycles. The molecule has 10 aromatic rings. The number of para-hydroxylation sites is 5. The minimum Gasteiger partial charge on any atom is -0.456 e. The first-order valence-corrected chi connectivity index (χ1v) is 17.5. The predicted molar refractivity (Wildman–Crippen MR) is 216 cm³/mol. The van der Waals surface area contributed by atoms with Crippen LogP contribution in [0.3, 0.4) is 0 Å². The van der Waals surface area contributed by atoms with Crippen LogP contribution in [0.5, 0.6) is 0 Å². The molecule has 0 atom stereocenters. The SMILES string of the molecule is c1ccc(N(c2ccc(-c3ccc(N(c4ccccc4)c4cccc5c4oc4ccccc45)cc3)cc2)c2ccc3c(c2)oc2ccccc23)cc1. The van der Waals surface area contributed by atoms with E-state index in [9.17, 15) is 0 Å². The fraction of sp³-hybridized carbons (Fsp3) is 0. The van der Waals surface area contributed by atoms with Gasteiger partial charge in [0.15, 0.2) is 5.58 Å². The third-order valence-electron chi connectivity index (χ3n) is 9.86. The molecule has 0 spiro atoms. The summed E-state index contributed by atoms with van der Waals surface area (Å²) in [5, 5.41) is 4.47. The van der Waals surface area contributed by atoms with Crippen molar-refractivity contribution in [2.45, 2.75) is 0 Å². The van der Waals surface area contributed by atoms with Crippen LogP contribution in [0.25, 0.3) is 55.0 Å². The number of hydrogen-bond donors (Lipinski definition) is 0. The van der Waals surface area contributed by atoms with Gasteiger partial charge in [0.1, 0.15) is 16.7 Å². The molecule has 0 amide bonds. The molecule has 52 heavy (non-hydrogen) atoms. The second-order valence-corrected chi connectivity index (χ2v) is 13.0. The lowest BCUT2D eigenvalue weighted by molar-refractivity contribution is 0.668. The molecular formula is C48H32N2O2. The van der Waals surface area contributed by atoms with Gasteiger partial charge in [-0.2, -0.15) is 0 Å². The van der Waals surface area contributed by atoms with Gasteiger partial charge < -0.3 is 18.6 Å². The first-order chi connectivity index (χ1) is 25.8. The normalized spacial score (nSPS) is 11.5. The molecule has 8 aromatic carbocycles. The molecule has 10 rings (SSSR count). The van der Waals surface area contributed by atoms with E-state index < -0.39 is 0 Å². The minimum atomic E-state index is 0.870. The topological polar surface area (TPSA) is 32.8 Å². The highest BCUT2D eigenvalue weighted by atomic mass is 16.3. The van der Waals surface area contributed by atoms with E-state index in [-0.39, 0.29) is 0 Å². The van der Waals surface area contributed by atoms with Crippen LogP contribution >= 0.6 is 0 Å². The molecule has 0 unspecified atom stereocenters. The molecule has 0 bridgehead atoms. The van der Waals surface area contributed by atoms with Crippen LogP contribution in [-0.4, -0.2) is 0 Å². The fourth-order valence-electron chi connectivity index (χ4n) is 7.40. The lowest BCUT2D eigenvalue weighted by Crippen LogP contribution is -2.10. The van der Waals surface area contributed by atoms with E-state index in [1.54, 1.807) is 0 Å². The van der Waals surface area contributed by atoms with Crippen LogP contribution in [0.15, 0.2) is 203 Å². The Hall–Kier alpha value is -7.04. The van der Waals surface area contributed by atoms with E-state index >= 15 is 0 Å². The van der Waals surface area contributed by atoms with Crippen molar-refractivity contribution in [2.24, 2.45) is 0 Å². The average Bonchev–Trinajstić information content (AvgIpc) is 3.78. The Labute approximate surface area is 301 Å². The van der Waals surface area contributed by atoms with Crippen LogP contribution in [0, 0.1) is 0 Å². The van der Waals surface area contributed by atoms with Crippen molar-refractivity contribution in [1.29, 1.82) is 0 Å². The molecule has 0 N–H and O–H groups in total. The number of fused-ring (bicyclic) bond motifs is 6. The quantitative estimate of drug-likeness (QED) is 0.169. The predicted octanol–water partition coefficient (Wildman–Crippen LogP) is 14.1. The van der Waals surface area contributed by atoms with E-state index in [0.717, 1.165) is 89.1 Å². The van der Waals surface area contributed by atoms with Crippen LogP contribution < -0.4 is 9.80 Å². The van der Waals surface area contributed by atoms with Crippen molar-refractivity contribution in [2.75, 3.05) is 9.80 Å². The van der Waals surface area contributed by atoms with Crippen LogP contribution in [0.2, 0.25) is 0 Å². The Morgan fingerprint density at radius 2 is 0.750 bits per heavy atom. The highest BCUT2D eigenvalue weighted by Gasteiger charge is 2.20. The van der Waals surface area contributed by atoms with Gasteiger partial charge in [-0.15, -0.1) is 0 Å². The van der Waals surface area contributed by atoms with E-state index in [1.165, 1.54) is 0 Å². The molecule has 0 aliphatic heterocycles. The average molecular weight is 669 g/mol. The van der Waals surface area contributed by atoms with Crippen LogP contribution in [0.4, 0.5) is 34.1 Å².